The number of rotatable bonds is 2. The molecule has 0 aliphatic carbocycles. The SMILES string of the molecule is CNCC1COc2ccc(C)cc2N1. The number of aryl methyl sites for hydroxylation is 1. The van der Waals surface area contributed by atoms with Crippen LogP contribution < -0.4 is 15.4 Å². The van der Waals surface area contributed by atoms with Crippen molar-refractivity contribution in [2.45, 2.75) is 13.0 Å². The molecule has 1 unspecified atom stereocenters. The van der Waals surface area contributed by atoms with Gasteiger partial charge in [0.05, 0.1) is 11.7 Å². The molecule has 0 saturated heterocycles. The van der Waals surface area contributed by atoms with E-state index in [0.717, 1.165) is 24.6 Å². The van der Waals surface area contributed by atoms with Crippen LogP contribution in [0.5, 0.6) is 5.75 Å². The Kier molecular flexibility index (Phi) is 2.59. The second-order valence-electron chi connectivity index (χ2n) is 3.71. The molecule has 0 amide bonds. The van der Waals surface area contributed by atoms with Gasteiger partial charge in [0.1, 0.15) is 12.4 Å². The summed E-state index contributed by atoms with van der Waals surface area (Å²) in [5.74, 6) is 0.961. The zero-order valence-corrected chi connectivity index (χ0v) is 8.63. The van der Waals surface area contributed by atoms with E-state index in [9.17, 15) is 0 Å². The van der Waals surface area contributed by atoms with Gasteiger partial charge in [0.25, 0.3) is 0 Å². The van der Waals surface area contributed by atoms with Gasteiger partial charge in [-0.25, -0.2) is 0 Å². The maximum absolute atomic E-state index is 5.64. The molecule has 0 aromatic heterocycles. The number of ether oxygens (including phenoxy) is 1. The molecule has 1 atom stereocenters. The van der Waals surface area contributed by atoms with Gasteiger partial charge in [-0.15, -0.1) is 0 Å². The minimum Gasteiger partial charge on any atom is -0.489 e. The lowest BCUT2D eigenvalue weighted by Gasteiger charge is -2.27. The number of benzene rings is 1. The van der Waals surface area contributed by atoms with Crippen LogP contribution in [0.25, 0.3) is 0 Å². The standard InChI is InChI=1S/C11H16N2O/c1-8-3-4-11-10(5-8)13-9(6-12-2)7-14-11/h3-5,9,12-13H,6-7H2,1-2H3. The first kappa shape index (κ1) is 9.34. The van der Waals surface area contributed by atoms with Gasteiger partial charge in [-0.2, -0.15) is 0 Å². The van der Waals surface area contributed by atoms with Crippen molar-refractivity contribution in [2.75, 3.05) is 25.5 Å². The zero-order chi connectivity index (χ0) is 9.97. The molecule has 14 heavy (non-hydrogen) atoms. The van der Waals surface area contributed by atoms with Crippen LogP contribution in [0.2, 0.25) is 0 Å². The van der Waals surface area contributed by atoms with E-state index in [1.54, 1.807) is 0 Å². The summed E-state index contributed by atoms with van der Waals surface area (Å²) < 4.78 is 5.64. The van der Waals surface area contributed by atoms with Crippen LogP contribution >= 0.6 is 0 Å². The minimum absolute atomic E-state index is 0.370. The Morgan fingerprint density at radius 1 is 1.57 bits per heavy atom. The fourth-order valence-corrected chi connectivity index (χ4v) is 1.69. The van der Waals surface area contributed by atoms with Gasteiger partial charge >= 0.3 is 0 Å². The minimum atomic E-state index is 0.370. The first-order valence-corrected chi connectivity index (χ1v) is 4.94. The molecule has 3 nitrogen and oxygen atoms in total. The lowest BCUT2D eigenvalue weighted by atomic mass is 10.1. The summed E-state index contributed by atoms with van der Waals surface area (Å²) in [5.41, 5.74) is 2.36. The second kappa shape index (κ2) is 3.88. The van der Waals surface area contributed by atoms with E-state index in [4.69, 9.17) is 4.74 Å². The third kappa shape index (κ3) is 1.82. The van der Waals surface area contributed by atoms with Gasteiger partial charge in [0.15, 0.2) is 0 Å². The Morgan fingerprint density at radius 3 is 3.21 bits per heavy atom. The number of hydrogen-bond acceptors (Lipinski definition) is 3. The molecule has 0 fully saturated rings. The number of fused-ring (bicyclic) bond motifs is 1. The number of hydrogen-bond donors (Lipinski definition) is 2. The highest BCUT2D eigenvalue weighted by Crippen LogP contribution is 2.29. The molecule has 1 aromatic carbocycles. The van der Waals surface area contributed by atoms with E-state index in [1.165, 1.54) is 5.56 Å². The third-order valence-corrected chi connectivity index (χ3v) is 2.39. The van der Waals surface area contributed by atoms with Crippen molar-refractivity contribution in [3.05, 3.63) is 23.8 Å². The lowest BCUT2D eigenvalue weighted by Crippen LogP contribution is -2.38. The fourth-order valence-electron chi connectivity index (χ4n) is 1.69. The highest BCUT2D eigenvalue weighted by Gasteiger charge is 2.17. The summed E-state index contributed by atoms with van der Waals surface area (Å²) >= 11 is 0. The molecule has 2 N–H and O–H groups in total. The molecule has 1 aliphatic heterocycles. The number of likely N-dealkylation sites (N-methyl/N-ethyl adjacent to an activating group) is 1. The van der Waals surface area contributed by atoms with E-state index in [0.29, 0.717) is 6.04 Å². The van der Waals surface area contributed by atoms with Crippen molar-refractivity contribution in [3.63, 3.8) is 0 Å². The van der Waals surface area contributed by atoms with Crippen LogP contribution in [0.15, 0.2) is 18.2 Å². The second-order valence-corrected chi connectivity index (χ2v) is 3.71. The van der Waals surface area contributed by atoms with E-state index < -0.39 is 0 Å². The molecule has 1 aliphatic rings. The summed E-state index contributed by atoms with van der Waals surface area (Å²) in [5, 5.41) is 6.59. The van der Waals surface area contributed by atoms with Gasteiger partial charge < -0.3 is 15.4 Å². The smallest absolute Gasteiger partial charge is 0.142 e. The first-order chi connectivity index (χ1) is 6.79. The van der Waals surface area contributed by atoms with Gasteiger partial charge in [0.2, 0.25) is 0 Å². The first-order valence-electron chi connectivity index (χ1n) is 4.94. The maximum atomic E-state index is 5.64. The molecular weight excluding hydrogens is 176 g/mol. The van der Waals surface area contributed by atoms with Gasteiger partial charge in [0, 0.05) is 6.54 Å². The quantitative estimate of drug-likeness (QED) is 0.743. The molecule has 0 spiro atoms. The van der Waals surface area contributed by atoms with Crippen LogP contribution in [-0.2, 0) is 0 Å². The number of anilines is 1. The van der Waals surface area contributed by atoms with Crippen molar-refractivity contribution in [3.8, 4) is 5.75 Å². The van der Waals surface area contributed by atoms with Crippen molar-refractivity contribution in [2.24, 2.45) is 0 Å². The van der Waals surface area contributed by atoms with Gasteiger partial charge in [-0.1, -0.05) is 6.07 Å². The maximum Gasteiger partial charge on any atom is 0.142 e. The summed E-state index contributed by atoms with van der Waals surface area (Å²) in [4.78, 5) is 0. The normalized spacial score (nSPS) is 19.4. The molecule has 3 heteroatoms. The largest absolute Gasteiger partial charge is 0.489 e. The lowest BCUT2D eigenvalue weighted by molar-refractivity contribution is 0.282. The van der Waals surface area contributed by atoms with Crippen LogP contribution in [-0.4, -0.2) is 26.2 Å². The van der Waals surface area contributed by atoms with Crippen molar-refractivity contribution >= 4 is 5.69 Å². The molecular formula is C11H16N2O. The van der Waals surface area contributed by atoms with E-state index in [2.05, 4.69) is 29.7 Å². The Bertz CT molecular complexity index is 325. The number of nitrogens with one attached hydrogen (secondary N) is 2. The van der Waals surface area contributed by atoms with Gasteiger partial charge in [-0.3, -0.25) is 0 Å². The highest BCUT2D eigenvalue weighted by molar-refractivity contribution is 5.59. The predicted octanol–water partition coefficient (Wildman–Crippen LogP) is 1.39. The molecule has 1 aromatic rings. The fraction of sp³-hybridized carbons (Fsp3) is 0.455. The Morgan fingerprint density at radius 2 is 2.43 bits per heavy atom. The average Bonchev–Trinajstić information content (AvgIpc) is 2.17. The Hall–Kier alpha value is -1.22. The van der Waals surface area contributed by atoms with Crippen LogP contribution in [0.3, 0.4) is 0 Å². The highest BCUT2D eigenvalue weighted by atomic mass is 16.5. The predicted molar refractivity (Wildman–Crippen MR) is 58.0 cm³/mol. The summed E-state index contributed by atoms with van der Waals surface area (Å²) in [6.45, 7) is 3.74. The van der Waals surface area contributed by atoms with Crippen LogP contribution in [0.4, 0.5) is 5.69 Å². The zero-order valence-electron chi connectivity index (χ0n) is 8.63. The van der Waals surface area contributed by atoms with Crippen molar-refractivity contribution in [1.82, 2.24) is 5.32 Å². The molecule has 0 bridgehead atoms. The third-order valence-electron chi connectivity index (χ3n) is 2.39. The molecule has 76 valence electrons. The van der Waals surface area contributed by atoms with Crippen LogP contribution in [0, 0.1) is 6.92 Å². The van der Waals surface area contributed by atoms with Crippen molar-refractivity contribution in [1.29, 1.82) is 0 Å². The van der Waals surface area contributed by atoms with E-state index >= 15 is 0 Å². The Labute approximate surface area is 84.5 Å². The van der Waals surface area contributed by atoms with Gasteiger partial charge in [-0.05, 0) is 31.7 Å². The summed E-state index contributed by atoms with van der Waals surface area (Å²) in [7, 11) is 1.95. The average molecular weight is 192 g/mol. The molecule has 0 radical (unpaired) electrons. The molecule has 1 heterocycles. The topological polar surface area (TPSA) is 33.3 Å². The van der Waals surface area contributed by atoms with E-state index in [-0.39, 0.29) is 0 Å². The summed E-state index contributed by atoms with van der Waals surface area (Å²) in [6.07, 6.45) is 0. The van der Waals surface area contributed by atoms with E-state index in [1.807, 2.05) is 13.1 Å². The Balaban J connectivity index is 2.16. The van der Waals surface area contributed by atoms with Crippen LogP contribution in [0.1, 0.15) is 5.56 Å². The molecule has 0 saturated carbocycles. The molecule has 2 rings (SSSR count). The van der Waals surface area contributed by atoms with Crippen molar-refractivity contribution < 1.29 is 4.74 Å². The monoisotopic (exact) mass is 192 g/mol. The summed E-state index contributed by atoms with van der Waals surface area (Å²) in [6, 6.07) is 6.58.